The molecule has 2 fully saturated rings. The summed E-state index contributed by atoms with van der Waals surface area (Å²) in [7, 11) is 0. The van der Waals surface area contributed by atoms with Crippen molar-refractivity contribution in [3.63, 3.8) is 0 Å². The number of allylic oxidation sites excluding steroid dienone is 1. The Bertz CT molecular complexity index is 1060. The molecule has 0 bridgehead atoms. The summed E-state index contributed by atoms with van der Waals surface area (Å²) in [6, 6.07) is 0. The predicted octanol–water partition coefficient (Wildman–Crippen LogP) is 1.92. The third-order valence-corrected chi connectivity index (χ3v) is 8.19. The molecule has 4 rings (SSSR count). The van der Waals surface area contributed by atoms with Crippen LogP contribution in [0.3, 0.4) is 0 Å². The normalized spacial score (nSPS) is 45.2. The molecule has 2 heterocycles. The highest BCUT2D eigenvalue weighted by molar-refractivity contribution is 5.89. The fourth-order valence-electron chi connectivity index (χ4n) is 6.55. The lowest BCUT2D eigenvalue weighted by molar-refractivity contribution is -0.220. The van der Waals surface area contributed by atoms with Crippen molar-refractivity contribution in [3.05, 3.63) is 23.8 Å². The molecule has 1 N–H and O–H groups in total. The molecule has 0 amide bonds. The number of carbonyl (C=O) groups is 4. The number of fused-ring (bicyclic) bond motifs is 1. The molecular weight excluding hydrogens is 472 g/mol. The van der Waals surface area contributed by atoms with E-state index in [9.17, 15) is 24.3 Å². The van der Waals surface area contributed by atoms with E-state index < -0.39 is 76.4 Å². The van der Waals surface area contributed by atoms with Crippen LogP contribution < -0.4 is 0 Å². The SMILES string of the molecule is CC(=O)O[C@H]1C=C[C@@](C)(O)[C@@H]2[C@H](OC(C)=O)[C@@]34O[C@@]3(C)C(=O)O[C@H]4C=C(C)CC[C@H](OC(C)=O)[C@@]12C. The molecule has 36 heavy (non-hydrogen) atoms. The molecule has 0 aromatic carbocycles. The van der Waals surface area contributed by atoms with Gasteiger partial charge in [0.15, 0.2) is 17.3 Å². The van der Waals surface area contributed by atoms with E-state index in [1.54, 1.807) is 26.0 Å². The van der Waals surface area contributed by atoms with Crippen molar-refractivity contribution < 1.29 is 48.0 Å². The Balaban J connectivity index is 2.02. The first-order chi connectivity index (χ1) is 16.6. The second-order valence-corrected chi connectivity index (χ2v) is 10.9. The average molecular weight is 507 g/mol. The number of aliphatic hydroxyl groups is 1. The number of epoxide rings is 1. The van der Waals surface area contributed by atoms with Gasteiger partial charge < -0.3 is 28.8 Å². The molecule has 4 aliphatic rings. The third kappa shape index (κ3) is 3.76. The van der Waals surface area contributed by atoms with Gasteiger partial charge in [0.1, 0.15) is 18.3 Å². The van der Waals surface area contributed by atoms with Crippen LogP contribution in [0, 0.1) is 11.3 Å². The van der Waals surface area contributed by atoms with E-state index in [2.05, 4.69) is 0 Å². The Morgan fingerprint density at radius 1 is 1.03 bits per heavy atom. The zero-order valence-electron chi connectivity index (χ0n) is 21.7. The van der Waals surface area contributed by atoms with Gasteiger partial charge in [-0.15, -0.1) is 0 Å². The quantitative estimate of drug-likeness (QED) is 0.261. The number of hydrogen-bond acceptors (Lipinski definition) is 10. The highest BCUT2D eigenvalue weighted by Crippen LogP contribution is 2.65. The summed E-state index contributed by atoms with van der Waals surface area (Å²) in [6.07, 6.45) is 1.63. The van der Waals surface area contributed by atoms with Crippen LogP contribution in [-0.2, 0) is 42.9 Å². The zero-order valence-corrected chi connectivity index (χ0v) is 21.7. The van der Waals surface area contributed by atoms with Gasteiger partial charge in [0.2, 0.25) is 0 Å². The first kappa shape index (κ1) is 26.3. The molecule has 0 saturated carbocycles. The molecule has 198 valence electrons. The van der Waals surface area contributed by atoms with Crippen molar-refractivity contribution >= 4 is 23.9 Å². The smallest absolute Gasteiger partial charge is 0.342 e. The maximum Gasteiger partial charge on any atom is 0.342 e. The Labute approximate surface area is 209 Å². The highest BCUT2D eigenvalue weighted by Gasteiger charge is 2.87. The summed E-state index contributed by atoms with van der Waals surface area (Å²) < 4.78 is 29.2. The van der Waals surface area contributed by atoms with Crippen LogP contribution in [0.2, 0.25) is 0 Å². The lowest BCUT2D eigenvalue weighted by Gasteiger charge is -2.55. The minimum Gasteiger partial charge on any atom is -0.462 e. The van der Waals surface area contributed by atoms with E-state index in [4.69, 9.17) is 23.7 Å². The van der Waals surface area contributed by atoms with Crippen LogP contribution in [0.1, 0.15) is 61.3 Å². The second-order valence-electron chi connectivity index (χ2n) is 10.9. The summed E-state index contributed by atoms with van der Waals surface area (Å²) >= 11 is 0. The average Bonchev–Trinajstić information content (AvgIpc) is 3.32. The van der Waals surface area contributed by atoms with Crippen LogP contribution in [0.4, 0.5) is 0 Å². The molecular formula is C26H34O10. The first-order valence-electron chi connectivity index (χ1n) is 12.1. The second kappa shape index (κ2) is 8.41. The monoisotopic (exact) mass is 506 g/mol. The van der Waals surface area contributed by atoms with Crippen molar-refractivity contribution in [2.24, 2.45) is 11.3 Å². The molecule has 0 aromatic rings. The summed E-state index contributed by atoms with van der Waals surface area (Å²) in [4.78, 5) is 49.8. The summed E-state index contributed by atoms with van der Waals surface area (Å²) in [5, 5.41) is 11.8. The van der Waals surface area contributed by atoms with Crippen LogP contribution in [-0.4, -0.2) is 70.2 Å². The summed E-state index contributed by atoms with van der Waals surface area (Å²) in [6.45, 7) is 10.5. The molecule has 10 heteroatoms. The molecule has 2 saturated heterocycles. The van der Waals surface area contributed by atoms with E-state index in [1.165, 1.54) is 33.8 Å². The first-order valence-corrected chi connectivity index (χ1v) is 12.1. The van der Waals surface area contributed by atoms with Crippen LogP contribution in [0.25, 0.3) is 0 Å². The largest absolute Gasteiger partial charge is 0.462 e. The molecule has 10 nitrogen and oxygen atoms in total. The Kier molecular flexibility index (Phi) is 6.16. The van der Waals surface area contributed by atoms with Gasteiger partial charge in [0, 0.05) is 26.7 Å². The van der Waals surface area contributed by atoms with Gasteiger partial charge in [-0.05, 0) is 45.8 Å². The van der Waals surface area contributed by atoms with Gasteiger partial charge >= 0.3 is 23.9 Å². The molecule has 9 atom stereocenters. The van der Waals surface area contributed by atoms with Gasteiger partial charge in [-0.3, -0.25) is 14.4 Å². The van der Waals surface area contributed by atoms with Crippen molar-refractivity contribution in [2.75, 3.05) is 0 Å². The Hall–Kier alpha value is -2.72. The van der Waals surface area contributed by atoms with Crippen molar-refractivity contribution in [2.45, 2.75) is 103 Å². The van der Waals surface area contributed by atoms with Crippen molar-refractivity contribution in [1.29, 1.82) is 0 Å². The molecule has 2 aliphatic heterocycles. The van der Waals surface area contributed by atoms with Gasteiger partial charge in [0.05, 0.1) is 11.0 Å². The maximum absolute atomic E-state index is 12.9. The third-order valence-electron chi connectivity index (χ3n) is 8.19. The fraction of sp³-hybridized carbons (Fsp3) is 0.692. The minimum absolute atomic E-state index is 0.315. The Morgan fingerprint density at radius 2 is 1.64 bits per heavy atom. The zero-order chi connectivity index (χ0) is 26.8. The number of ether oxygens (including phenoxy) is 5. The molecule has 0 unspecified atom stereocenters. The van der Waals surface area contributed by atoms with Crippen molar-refractivity contribution in [3.8, 4) is 0 Å². The predicted molar refractivity (Wildman–Crippen MR) is 123 cm³/mol. The lowest BCUT2D eigenvalue weighted by atomic mass is 9.54. The van der Waals surface area contributed by atoms with Gasteiger partial charge in [0.25, 0.3) is 0 Å². The van der Waals surface area contributed by atoms with Gasteiger partial charge in [-0.2, -0.15) is 0 Å². The van der Waals surface area contributed by atoms with E-state index >= 15 is 0 Å². The van der Waals surface area contributed by atoms with Crippen LogP contribution in [0.5, 0.6) is 0 Å². The molecule has 0 aromatic heterocycles. The molecule has 1 spiro atoms. The Morgan fingerprint density at radius 3 is 2.19 bits per heavy atom. The number of rotatable bonds is 3. The van der Waals surface area contributed by atoms with Gasteiger partial charge in [-0.25, -0.2) is 4.79 Å². The van der Waals surface area contributed by atoms with Crippen LogP contribution in [0.15, 0.2) is 23.8 Å². The molecule has 2 aliphatic carbocycles. The molecule has 0 radical (unpaired) electrons. The van der Waals surface area contributed by atoms with Crippen molar-refractivity contribution in [1.82, 2.24) is 0 Å². The summed E-state index contributed by atoms with van der Waals surface area (Å²) in [5.41, 5.74) is -4.99. The van der Waals surface area contributed by atoms with E-state index in [0.29, 0.717) is 12.8 Å². The lowest BCUT2D eigenvalue weighted by Crippen LogP contribution is -2.67. The number of carbonyl (C=O) groups excluding carboxylic acids is 4. The van der Waals surface area contributed by atoms with E-state index in [1.807, 2.05) is 6.92 Å². The minimum atomic E-state index is -1.65. The number of esters is 4. The van der Waals surface area contributed by atoms with E-state index in [-0.39, 0.29) is 0 Å². The highest BCUT2D eigenvalue weighted by atomic mass is 16.7. The van der Waals surface area contributed by atoms with E-state index in [0.717, 1.165) is 5.57 Å². The maximum atomic E-state index is 12.9. The number of hydrogen-bond donors (Lipinski definition) is 1. The summed E-state index contributed by atoms with van der Waals surface area (Å²) in [5.74, 6) is -3.44. The topological polar surface area (TPSA) is 138 Å². The van der Waals surface area contributed by atoms with Crippen LogP contribution >= 0.6 is 0 Å². The fourth-order valence-corrected chi connectivity index (χ4v) is 6.55. The van der Waals surface area contributed by atoms with Gasteiger partial charge in [-0.1, -0.05) is 18.6 Å². The standard InChI is InChI=1S/C26H34O10/c1-13-8-9-17(32-14(2)27)24(6)18(33-15(3)28)10-11-23(5,31)20(24)21(34-16(4)29)26-19(12-13)35-22(30)25(26,7)36-26/h10-12,17-21,31H,8-9H2,1-7H3/t17-,18-,19-,20-,21-,23+,24-,25-,26+/m0/s1.